The average Bonchev–Trinajstić information content (AvgIpc) is 2.73. The summed E-state index contributed by atoms with van der Waals surface area (Å²) >= 11 is 1.35. The molecular weight excluding hydrogens is 290 g/mol. The van der Waals surface area contributed by atoms with Crippen LogP contribution in [0.5, 0.6) is 0 Å². The van der Waals surface area contributed by atoms with E-state index in [-0.39, 0.29) is 5.91 Å². The SMILES string of the molecule is C=CCCOC(C)C(=O)Nc1sc(C)c(C)c1C(=O)OC. The van der Waals surface area contributed by atoms with Crippen LogP contribution in [0.1, 0.15) is 34.1 Å². The zero-order chi connectivity index (χ0) is 16.0. The number of methoxy groups -OCH3 is 1. The van der Waals surface area contributed by atoms with Crippen molar-refractivity contribution in [3.63, 3.8) is 0 Å². The highest BCUT2D eigenvalue weighted by molar-refractivity contribution is 7.16. The number of esters is 1. The first-order valence-corrected chi connectivity index (χ1v) is 7.45. The number of nitrogens with one attached hydrogen (secondary N) is 1. The maximum absolute atomic E-state index is 12.1. The van der Waals surface area contributed by atoms with Gasteiger partial charge in [-0.05, 0) is 32.8 Å². The predicted octanol–water partition coefficient (Wildman–Crippen LogP) is 3.07. The summed E-state index contributed by atoms with van der Waals surface area (Å²) in [6.45, 7) is 9.42. The Labute approximate surface area is 128 Å². The molecule has 1 aromatic heterocycles. The molecule has 0 aliphatic carbocycles. The number of ether oxygens (including phenoxy) is 2. The Morgan fingerprint density at radius 1 is 1.43 bits per heavy atom. The molecule has 0 bridgehead atoms. The van der Waals surface area contributed by atoms with E-state index in [0.29, 0.717) is 23.6 Å². The molecule has 6 heteroatoms. The minimum atomic E-state index is -0.599. The molecule has 1 N–H and O–H groups in total. The molecule has 1 heterocycles. The van der Waals surface area contributed by atoms with Crippen LogP contribution in [-0.2, 0) is 14.3 Å². The van der Waals surface area contributed by atoms with Crippen molar-refractivity contribution in [2.24, 2.45) is 0 Å². The second kappa shape index (κ2) is 7.95. The van der Waals surface area contributed by atoms with Gasteiger partial charge in [-0.1, -0.05) is 6.08 Å². The molecule has 1 unspecified atom stereocenters. The topological polar surface area (TPSA) is 64.6 Å². The van der Waals surface area contributed by atoms with Crippen LogP contribution >= 0.6 is 11.3 Å². The lowest BCUT2D eigenvalue weighted by Crippen LogP contribution is -2.28. The summed E-state index contributed by atoms with van der Waals surface area (Å²) in [5.74, 6) is -0.738. The van der Waals surface area contributed by atoms with Crippen molar-refractivity contribution in [3.05, 3.63) is 28.7 Å². The number of hydrogen-bond donors (Lipinski definition) is 1. The van der Waals surface area contributed by atoms with Gasteiger partial charge in [0.15, 0.2) is 0 Å². The Kier molecular flexibility index (Phi) is 6.58. The third kappa shape index (κ3) is 4.41. The number of anilines is 1. The number of thiophene rings is 1. The first-order valence-electron chi connectivity index (χ1n) is 6.64. The second-order valence-corrected chi connectivity index (χ2v) is 5.78. The Bertz CT molecular complexity index is 536. The van der Waals surface area contributed by atoms with Crippen molar-refractivity contribution in [1.82, 2.24) is 0 Å². The lowest BCUT2D eigenvalue weighted by atomic mass is 10.1. The number of amides is 1. The Morgan fingerprint density at radius 2 is 2.10 bits per heavy atom. The van der Waals surface area contributed by atoms with E-state index in [2.05, 4.69) is 11.9 Å². The van der Waals surface area contributed by atoms with Gasteiger partial charge in [0.1, 0.15) is 11.1 Å². The van der Waals surface area contributed by atoms with E-state index in [1.54, 1.807) is 13.0 Å². The zero-order valence-electron chi connectivity index (χ0n) is 12.8. The molecule has 0 aliphatic rings. The van der Waals surface area contributed by atoms with Crippen molar-refractivity contribution >= 4 is 28.2 Å². The molecule has 5 nitrogen and oxygen atoms in total. The first kappa shape index (κ1) is 17.4. The summed E-state index contributed by atoms with van der Waals surface area (Å²) in [5, 5.41) is 3.24. The first-order chi connectivity index (χ1) is 9.92. The van der Waals surface area contributed by atoms with Crippen molar-refractivity contribution < 1.29 is 19.1 Å². The summed E-state index contributed by atoms with van der Waals surface area (Å²) < 4.78 is 10.2. The highest BCUT2D eigenvalue weighted by Gasteiger charge is 2.23. The van der Waals surface area contributed by atoms with Crippen molar-refractivity contribution in [1.29, 1.82) is 0 Å². The van der Waals surface area contributed by atoms with Crippen LogP contribution in [0.4, 0.5) is 5.00 Å². The third-order valence-electron chi connectivity index (χ3n) is 3.07. The maximum atomic E-state index is 12.1. The van der Waals surface area contributed by atoms with Crippen LogP contribution in [0.25, 0.3) is 0 Å². The number of carbonyl (C=O) groups is 2. The fraction of sp³-hybridized carbons (Fsp3) is 0.467. The molecule has 0 aromatic carbocycles. The minimum Gasteiger partial charge on any atom is -0.465 e. The van der Waals surface area contributed by atoms with Gasteiger partial charge in [0.05, 0.1) is 19.3 Å². The van der Waals surface area contributed by atoms with Gasteiger partial charge in [-0.15, -0.1) is 17.9 Å². The molecule has 116 valence electrons. The van der Waals surface area contributed by atoms with E-state index in [4.69, 9.17) is 9.47 Å². The van der Waals surface area contributed by atoms with Gasteiger partial charge in [0, 0.05) is 4.88 Å². The molecule has 1 rings (SSSR count). The molecule has 0 saturated carbocycles. The molecule has 0 radical (unpaired) electrons. The number of aryl methyl sites for hydroxylation is 1. The van der Waals surface area contributed by atoms with Gasteiger partial charge < -0.3 is 14.8 Å². The smallest absolute Gasteiger partial charge is 0.341 e. The van der Waals surface area contributed by atoms with Crippen molar-refractivity contribution in [2.45, 2.75) is 33.3 Å². The van der Waals surface area contributed by atoms with Crippen LogP contribution < -0.4 is 5.32 Å². The molecule has 0 spiro atoms. The molecule has 1 atom stereocenters. The predicted molar refractivity (Wildman–Crippen MR) is 84.0 cm³/mol. The fourth-order valence-corrected chi connectivity index (χ4v) is 2.73. The Balaban J connectivity index is 2.83. The zero-order valence-corrected chi connectivity index (χ0v) is 13.6. The van der Waals surface area contributed by atoms with E-state index in [0.717, 1.165) is 10.4 Å². The highest BCUT2D eigenvalue weighted by atomic mass is 32.1. The summed E-state index contributed by atoms with van der Waals surface area (Å²) in [6.07, 6.45) is 1.81. The summed E-state index contributed by atoms with van der Waals surface area (Å²) in [7, 11) is 1.32. The van der Waals surface area contributed by atoms with E-state index in [1.165, 1.54) is 18.4 Å². The summed E-state index contributed by atoms with van der Waals surface area (Å²) in [6, 6.07) is 0. The van der Waals surface area contributed by atoms with Gasteiger partial charge in [0.2, 0.25) is 0 Å². The van der Waals surface area contributed by atoms with Crippen LogP contribution in [0, 0.1) is 13.8 Å². The highest BCUT2D eigenvalue weighted by Crippen LogP contribution is 2.33. The van der Waals surface area contributed by atoms with Crippen LogP contribution in [0.15, 0.2) is 12.7 Å². The van der Waals surface area contributed by atoms with Gasteiger partial charge in [-0.25, -0.2) is 4.79 Å². The fourth-order valence-electron chi connectivity index (χ4n) is 1.68. The lowest BCUT2D eigenvalue weighted by Gasteiger charge is -2.12. The van der Waals surface area contributed by atoms with Crippen LogP contribution in [-0.4, -0.2) is 31.7 Å². The van der Waals surface area contributed by atoms with Gasteiger partial charge >= 0.3 is 5.97 Å². The molecule has 0 fully saturated rings. The molecule has 1 amide bonds. The Hall–Kier alpha value is -1.66. The van der Waals surface area contributed by atoms with Crippen molar-refractivity contribution in [3.8, 4) is 0 Å². The molecule has 0 aliphatic heterocycles. The molecule has 1 aromatic rings. The van der Waals surface area contributed by atoms with E-state index < -0.39 is 12.1 Å². The third-order valence-corrected chi connectivity index (χ3v) is 4.19. The standard InChI is InChI=1S/C15H21NO4S/c1-6-7-8-20-10(3)13(17)16-14-12(15(18)19-5)9(2)11(4)21-14/h6,10H,1,7-8H2,2-5H3,(H,16,17). The van der Waals surface area contributed by atoms with Crippen LogP contribution in [0.3, 0.4) is 0 Å². The minimum absolute atomic E-state index is 0.287. The average molecular weight is 311 g/mol. The molecule has 21 heavy (non-hydrogen) atoms. The summed E-state index contributed by atoms with van der Waals surface area (Å²) in [5.41, 5.74) is 1.23. The largest absolute Gasteiger partial charge is 0.465 e. The summed E-state index contributed by atoms with van der Waals surface area (Å²) in [4.78, 5) is 24.9. The Morgan fingerprint density at radius 3 is 2.67 bits per heavy atom. The van der Waals surface area contributed by atoms with Crippen molar-refractivity contribution in [2.75, 3.05) is 19.0 Å². The molecule has 0 saturated heterocycles. The lowest BCUT2D eigenvalue weighted by molar-refractivity contribution is -0.126. The second-order valence-electron chi connectivity index (χ2n) is 4.56. The van der Waals surface area contributed by atoms with Gasteiger partial charge in [0.25, 0.3) is 5.91 Å². The van der Waals surface area contributed by atoms with Gasteiger partial charge in [-0.3, -0.25) is 4.79 Å². The monoisotopic (exact) mass is 311 g/mol. The molecular formula is C15H21NO4S. The number of hydrogen-bond acceptors (Lipinski definition) is 5. The maximum Gasteiger partial charge on any atom is 0.341 e. The normalized spacial score (nSPS) is 11.8. The van der Waals surface area contributed by atoms with E-state index >= 15 is 0 Å². The van der Waals surface area contributed by atoms with Crippen LogP contribution in [0.2, 0.25) is 0 Å². The van der Waals surface area contributed by atoms with Gasteiger partial charge in [-0.2, -0.15) is 0 Å². The van der Waals surface area contributed by atoms with E-state index in [1.807, 2.05) is 13.8 Å². The number of carbonyl (C=O) groups excluding carboxylic acids is 2. The number of rotatable bonds is 7. The quantitative estimate of drug-likeness (QED) is 0.477. The van der Waals surface area contributed by atoms with E-state index in [9.17, 15) is 9.59 Å².